The van der Waals surface area contributed by atoms with Crippen LogP contribution < -0.4 is 10.6 Å². The van der Waals surface area contributed by atoms with Gasteiger partial charge in [0.05, 0.1) is 12.2 Å². The topological polar surface area (TPSA) is 84.2 Å². The number of oxazole rings is 1. The van der Waals surface area contributed by atoms with Crippen LogP contribution in [0.4, 0.5) is 0 Å². The van der Waals surface area contributed by atoms with Crippen molar-refractivity contribution in [3.63, 3.8) is 0 Å². The maximum Gasteiger partial charge on any atom is 0.251 e. The van der Waals surface area contributed by atoms with Gasteiger partial charge in [0.15, 0.2) is 0 Å². The molecule has 2 N–H and O–H groups in total. The second kappa shape index (κ2) is 7.34. The largest absolute Gasteiger partial charge is 0.444 e. The Bertz CT molecular complexity index is 782. The van der Waals surface area contributed by atoms with Crippen LogP contribution in [0.25, 0.3) is 6.08 Å². The molecule has 130 valence electrons. The molecule has 0 unspecified atom stereocenters. The lowest BCUT2D eigenvalue weighted by molar-refractivity contribution is -0.116. The van der Waals surface area contributed by atoms with Crippen molar-refractivity contribution in [2.75, 3.05) is 0 Å². The molecule has 1 aromatic heterocycles. The third kappa shape index (κ3) is 4.79. The molecule has 1 heterocycles. The van der Waals surface area contributed by atoms with E-state index in [9.17, 15) is 9.59 Å². The molecule has 25 heavy (non-hydrogen) atoms. The van der Waals surface area contributed by atoms with Crippen LogP contribution in [0.1, 0.15) is 46.1 Å². The highest BCUT2D eigenvalue weighted by Crippen LogP contribution is 2.19. The molecule has 0 bridgehead atoms. The molecule has 1 saturated carbocycles. The first kappa shape index (κ1) is 17.0. The lowest BCUT2D eigenvalue weighted by Gasteiger charge is -2.03. The van der Waals surface area contributed by atoms with Gasteiger partial charge in [-0.2, -0.15) is 0 Å². The first-order valence-corrected chi connectivity index (χ1v) is 8.31. The molecule has 2 amide bonds. The van der Waals surface area contributed by atoms with E-state index in [0.717, 1.165) is 29.9 Å². The van der Waals surface area contributed by atoms with Crippen LogP contribution in [0.2, 0.25) is 0 Å². The number of hydrogen-bond donors (Lipinski definition) is 2. The average molecular weight is 339 g/mol. The number of benzene rings is 1. The highest BCUT2D eigenvalue weighted by molar-refractivity contribution is 5.95. The van der Waals surface area contributed by atoms with Gasteiger partial charge < -0.3 is 15.1 Å². The van der Waals surface area contributed by atoms with Gasteiger partial charge in [0.25, 0.3) is 5.91 Å². The zero-order valence-corrected chi connectivity index (χ0v) is 14.3. The van der Waals surface area contributed by atoms with Crippen molar-refractivity contribution in [3.8, 4) is 0 Å². The number of aromatic nitrogens is 1. The van der Waals surface area contributed by atoms with Crippen molar-refractivity contribution >= 4 is 17.9 Å². The number of carbonyl (C=O) groups excluding carboxylic acids is 2. The molecule has 1 aliphatic carbocycles. The Balaban J connectivity index is 1.50. The Morgan fingerprint density at radius 3 is 2.56 bits per heavy atom. The summed E-state index contributed by atoms with van der Waals surface area (Å²) in [5, 5.41) is 5.66. The molecule has 0 radical (unpaired) electrons. The van der Waals surface area contributed by atoms with Crippen LogP contribution in [-0.2, 0) is 11.3 Å². The number of carbonyl (C=O) groups is 2. The van der Waals surface area contributed by atoms with Crippen molar-refractivity contribution in [1.29, 1.82) is 0 Å². The molecule has 1 fully saturated rings. The smallest absolute Gasteiger partial charge is 0.251 e. The third-order valence-electron chi connectivity index (χ3n) is 4.00. The monoisotopic (exact) mass is 339 g/mol. The summed E-state index contributed by atoms with van der Waals surface area (Å²) in [5.41, 5.74) is 2.30. The Morgan fingerprint density at radius 2 is 1.96 bits per heavy atom. The van der Waals surface area contributed by atoms with E-state index in [2.05, 4.69) is 15.6 Å². The minimum absolute atomic E-state index is 0.0488. The second-order valence-electron chi connectivity index (χ2n) is 6.17. The molecule has 6 nitrogen and oxygen atoms in total. The normalized spacial score (nSPS) is 13.8. The van der Waals surface area contributed by atoms with Crippen LogP contribution in [-0.4, -0.2) is 22.8 Å². The Hall–Kier alpha value is -2.89. The lowest BCUT2D eigenvalue weighted by atomic mass is 10.1. The second-order valence-corrected chi connectivity index (χ2v) is 6.17. The molecule has 0 spiro atoms. The molecular weight excluding hydrogens is 318 g/mol. The van der Waals surface area contributed by atoms with Crippen LogP contribution in [0.3, 0.4) is 0 Å². The van der Waals surface area contributed by atoms with Gasteiger partial charge in [-0.25, -0.2) is 4.98 Å². The summed E-state index contributed by atoms with van der Waals surface area (Å²) in [6.07, 6.45) is 5.27. The number of aryl methyl sites for hydroxylation is 2. The van der Waals surface area contributed by atoms with Crippen LogP contribution >= 0.6 is 0 Å². The number of nitrogens with one attached hydrogen (secondary N) is 2. The van der Waals surface area contributed by atoms with Gasteiger partial charge in [-0.3, -0.25) is 9.59 Å². The van der Waals surface area contributed by atoms with E-state index in [1.54, 1.807) is 18.2 Å². The van der Waals surface area contributed by atoms with Gasteiger partial charge >= 0.3 is 0 Å². The Labute approximate surface area is 146 Å². The summed E-state index contributed by atoms with van der Waals surface area (Å²) in [7, 11) is 0. The maximum absolute atomic E-state index is 11.9. The summed E-state index contributed by atoms with van der Waals surface area (Å²) < 4.78 is 5.41. The number of amides is 2. The van der Waals surface area contributed by atoms with E-state index in [1.807, 2.05) is 26.0 Å². The van der Waals surface area contributed by atoms with Crippen molar-refractivity contribution in [2.45, 2.75) is 39.3 Å². The maximum atomic E-state index is 11.9. The van der Waals surface area contributed by atoms with E-state index in [0.29, 0.717) is 17.5 Å². The van der Waals surface area contributed by atoms with Crippen molar-refractivity contribution in [3.05, 3.63) is 58.8 Å². The summed E-state index contributed by atoms with van der Waals surface area (Å²) in [5.74, 6) is 0.963. The quantitative estimate of drug-likeness (QED) is 0.792. The molecule has 6 heteroatoms. The zero-order chi connectivity index (χ0) is 17.8. The molecule has 0 atom stereocenters. The summed E-state index contributed by atoms with van der Waals surface area (Å²) in [6.45, 7) is 3.94. The molecule has 1 aromatic carbocycles. The fraction of sp³-hybridized carbons (Fsp3) is 0.316. The SMILES string of the molecule is Cc1nc(CNC(=O)/C=C/c2ccc(C(=O)NC3CC3)cc2)oc1C. The molecule has 3 rings (SSSR count). The van der Waals surface area contributed by atoms with Crippen molar-refractivity contribution in [2.24, 2.45) is 0 Å². The molecule has 2 aromatic rings. The van der Waals surface area contributed by atoms with E-state index in [4.69, 9.17) is 4.42 Å². The minimum Gasteiger partial charge on any atom is -0.444 e. The summed E-state index contributed by atoms with van der Waals surface area (Å²) in [6, 6.07) is 7.48. The molecule has 0 saturated heterocycles. The van der Waals surface area contributed by atoms with Crippen LogP contribution in [0, 0.1) is 13.8 Å². The predicted octanol–water partition coefficient (Wildman–Crippen LogP) is 2.51. The number of rotatable bonds is 6. The zero-order valence-electron chi connectivity index (χ0n) is 14.3. The minimum atomic E-state index is -0.232. The van der Waals surface area contributed by atoms with Crippen molar-refractivity contribution in [1.82, 2.24) is 15.6 Å². The fourth-order valence-corrected chi connectivity index (χ4v) is 2.25. The standard InChI is InChI=1S/C19H21N3O3/c1-12-13(2)25-18(21-12)11-20-17(23)10-5-14-3-6-15(7-4-14)19(24)22-16-8-9-16/h3-7,10,16H,8-9,11H2,1-2H3,(H,20,23)(H,22,24)/b10-5+. The van der Waals surface area contributed by atoms with Gasteiger partial charge in [-0.15, -0.1) is 0 Å². The summed E-state index contributed by atoms with van der Waals surface area (Å²) in [4.78, 5) is 28.0. The first-order valence-electron chi connectivity index (χ1n) is 8.31. The van der Waals surface area contributed by atoms with Gasteiger partial charge in [0.1, 0.15) is 5.76 Å². The van der Waals surface area contributed by atoms with Crippen molar-refractivity contribution < 1.29 is 14.0 Å². The molecule has 1 aliphatic rings. The van der Waals surface area contributed by atoms with Gasteiger partial charge in [0.2, 0.25) is 11.8 Å². The molecular formula is C19H21N3O3. The van der Waals surface area contributed by atoms with E-state index in [1.165, 1.54) is 6.08 Å². The highest BCUT2D eigenvalue weighted by atomic mass is 16.4. The average Bonchev–Trinajstić information content (AvgIpc) is 3.35. The van der Waals surface area contributed by atoms with E-state index in [-0.39, 0.29) is 18.4 Å². The van der Waals surface area contributed by atoms with E-state index < -0.39 is 0 Å². The third-order valence-corrected chi connectivity index (χ3v) is 4.00. The highest BCUT2D eigenvalue weighted by Gasteiger charge is 2.23. The Kier molecular flexibility index (Phi) is 4.97. The van der Waals surface area contributed by atoms with Crippen LogP contribution in [0.15, 0.2) is 34.8 Å². The van der Waals surface area contributed by atoms with Crippen LogP contribution in [0.5, 0.6) is 0 Å². The predicted molar refractivity (Wildman–Crippen MR) is 93.8 cm³/mol. The van der Waals surface area contributed by atoms with E-state index >= 15 is 0 Å². The Morgan fingerprint density at radius 1 is 1.24 bits per heavy atom. The first-order chi connectivity index (χ1) is 12.0. The lowest BCUT2D eigenvalue weighted by Crippen LogP contribution is -2.25. The fourth-order valence-electron chi connectivity index (χ4n) is 2.25. The number of nitrogens with zero attached hydrogens (tertiary/aromatic N) is 1. The van der Waals surface area contributed by atoms with Gasteiger partial charge in [-0.1, -0.05) is 12.1 Å². The summed E-state index contributed by atoms with van der Waals surface area (Å²) >= 11 is 0. The van der Waals surface area contributed by atoms with Gasteiger partial charge in [-0.05, 0) is 50.5 Å². The number of hydrogen-bond acceptors (Lipinski definition) is 4. The molecule has 0 aliphatic heterocycles. The van der Waals surface area contributed by atoms with Gasteiger partial charge in [0, 0.05) is 17.7 Å².